The summed E-state index contributed by atoms with van der Waals surface area (Å²) in [6.07, 6.45) is 12.4. The van der Waals surface area contributed by atoms with Gasteiger partial charge in [0.1, 0.15) is 11.4 Å². The van der Waals surface area contributed by atoms with Gasteiger partial charge in [-0.05, 0) is 30.0 Å². The summed E-state index contributed by atoms with van der Waals surface area (Å²) >= 11 is 0.349. The highest BCUT2D eigenvalue weighted by molar-refractivity contribution is 7.96. The number of hydrogen-bond acceptors (Lipinski definition) is 4. The second-order valence-corrected chi connectivity index (χ2v) is 7.74. The van der Waals surface area contributed by atoms with Crippen LogP contribution in [0, 0.1) is 0 Å². The first-order valence-electron chi connectivity index (χ1n) is 7.60. The maximum Gasteiger partial charge on any atom is 0.227 e. The van der Waals surface area contributed by atoms with Crippen molar-refractivity contribution in [3.8, 4) is 10.4 Å². The Morgan fingerprint density at radius 1 is 1.13 bits per heavy atom. The van der Waals surface area contributed by atoms with E-state index in [9.17, 15) is 4.55 Å². The largest absolute Gasteiger partial charge is 0.588 e. The molecule has 5 heteroatoms. The second-order valence-electron chi connectivity index (χ2n) is 5.47. The highest BCUT2D eigenvalue weighted by Gasteiger charge is 2.23. The molecule has 23 heavy (non-hydrogen) atoms. The quantitative estimate of drug-likeness (QED) is 0.843. The molecule has 0 fully saturated rings. The fraction of sp³-hybridized carbons (Fsp3) is 0.167. The molecule has 4 rings (SSSR count). The first-order chi connectivity index (χ1) is 11.3. The van der Waals surface area contributed by atoms with Gasteiger partial charge in [-0.3, -0.25) is 0 Å². The Labute approximate surface area is 142 Å². The van der Waals surface area contributed by atoms with Crippen LogP contribution in [0.3, 0.4) is 0 Å². The summed E-state index contributed by atoms with van der Waals surface area (Å²) in [5.74, 6) is 0. The molecule has 0 radical (unpaired) electrons. The normalized spacial score (nSPS) is 17.0. The van der Waals surface area contributed by atoms with Gasteiger partial charge in [0.25, 0.3) is 0 Å². The molecule has 1 unspecified atom stereocenters. The van der Waals surface area contributed by atoms with Crippen molar-refractivity contribution in [3.63, 3.8) is 0 Å². The standard InChI is InChI=1S/C18H16N2OS2/c21-23(14-8-3-1-2-4-9-14)20-18-19-16-12-11-13-7-5-6-10-15(13)17(16)22-18/h1-8,10H,9,11-12H2,(H,19,20). The molecule has 1 aromatic carbocycles. The SMILES string of the molecule is [O-][S+](Nc1nc2c(s1)-c1ccccc1CC2)C1=CC=CC=CC1. The molecule has 0 spiro atoms. The van der Waals surface area contributed by atoms with Crippen LogP contribution >= 0.6 is 11.3 Å². The van der Waals surface area contributed by atoms with Gasteiger partial charge >= 0.3 is 0 Å². The fourth-order valence-corrected chi connectivity index (χ4v) is 4.93. The summed E-state index contributed by atoms with van der Waals surface area (Å²) in [5.41, 5.74) is 3.76. The third kappa shape index (κ3) is 3.00. The van der Waals surface area contributed by atoms with Crippen LogP contribution in [0.2, 0.25) is 0 Å². The minimum atomic E-state index is -1.25. The predicted molar refractivity (Wildman–Crippen MR) is 97.7 cm³/mol. The number of hydrogen-bond donors (Lipinski definition) is 1. The summed E-state index contributed by atoms with van der Waals surface area (Å²) < 4.78 is 15.6. The van der Waals surface area contributed by atoms with Crippen LogP contribution < -0.4 is 4.72 Å². The summed E-state index contributed by atoms with van der Waals surface area (Å²) in [6, 6.07) is 8.47. The highest BCUT2D eigenvalue weighted by atomic mass is 32.2. The van der Waals surface area contributed by atoms with Crippen LogP contribution in [-0.2, 0) is 24.2 Å². The number of rotatable bonds is 3. The Kier molecular flexibility index (Phi) is 4.08. The Hall–Kier alpha value is -1.82. The molecule has 0 amide bonds. The van der Waals surface area contributed by atoms with Crippen molar-refractivity contribution in [1.29, 1.82) is 0 Å². The summed E-state index contributed by atoms with van der Waals surface area (Å²) in [5, 5.41) is 0.739. The zero-order chi connectivity index (χ0) is 15.6. The van der Waals surface area contributed by atoms with Crippen LogP contribution in [0.1, 0.15) is 17.7 Å². The van der Waals surface area contributed by atoms with Crippen molar-refractivity contribution in [2.24, 2.45) is 0 Å². The molecule has 1 N–H and O–H groups in total. The average Bonchev–Trinajstić information content (AvgIpc) is 2.80. The van der Waals surface area contributed by atoms with Gasteiger partial charge < -0.3 is 4.55 Å². The maximum absolute atomic E-state index is 12.5. The minimum Gasteiger partial charge on any atom is -0.588 e. The van der Waals surface area contributed by atoms with Gasteiger partial charge in [0, 0.05) is 6.42 Å². The minimum absolute atomic E-state index is 0.695. The first kappa shape index (κ1) is 14.8. The number of fused-ring (bicyclic) bond motifs is 3. The zero-order valence-electron chi connectivity index (χ0n) is 12.5. The molecule has 0 saturated carbocycles. The lowest BCUT2D eigenvalue weighted by molar-refractivity contribution is 0.605. The molecule has 116 valence electrons. The topological polar surface area (TPSA) is 48.0 Å². The van der Waals surface area contributed by atoms with E-state index in [0.717, 1.165) is 28.6 Å². The zero-order valence-corrected chi connectivity index (χ0v) is 14.1. The van der Waals surface area contributed by atoms with Gasteiger partial charge in [-0.2, -0.15) is 4.72 Å². The van der Waals surface area contributed by atoms with Gasteiger partial charge in [0.2, 0.25) is 5.13 Å². The van der Waals surface area contributed by atoms with Crippen molar-refractivity contribution < 1.29 is 4.55 Å². The molecular weight excluding hydrogens is 324 g/mol. The number of nitrogens with one attached hydrogen (secondary N) is 1. The van der Waals surface area contributed by atoms with E-state index < -0.39 is 11.4 Å². The lowest BCUT2D eigenvalue weighted by atomic mass is 9.94. The molecule has 2 aliphatic carbocycles. The van der Waals surface area contributed by atoms with Gasteiger partial charge in [-0.25, -0.2) is 4.98 Å². The number of thiazole rings is 1. The van der Waals surface area contributed by atoms with Gasteiger partial charge in [-0.15, -0.1) is 0 Å². The highest BCUT2D eigenvalue weighted by Crippen LogP contribution is 2.39. The second kappa shape index (κ2) is 6.35. The van der Waals surface area contributed by atoms with Crippen molar-refractivity contribution in [2.75, 3.05) is 4.72 Å². The number of allylic oxidation sites excluding steroid dienone is 6. The third-order valence-electron chi connectivity index (χ3n) is 3.97. The lowest BCUT2D eigenvalue weighted by Gasteiger charge is -2.13. The Morgan fingerprint density at radius 2 is 2.04 bits per heavy atom. The lowest BCUT2D eigenvalue weighted by Crippen LogP contribution is -2.14. The van der Waals surface area contributed by atoms with Crippen LogP contribution in [0.15, 0.2) is 59.6 Å². The monoisotopic (exact) mass is 340 g/mol. The smallest absolute Gasteiger partial charge is 0.227 e. The Morgan fingerprint density at radius 3 is 3.00 bits per heavy atom. The van der Waals surface area contributed by atoms with E-state index in [4.69, 9.17) is 0 Å². The number of aromatic nitrogens is 1. The van der Waals surface area contributed by atoms with E-state index in [0.29, 0.717) is 6.42 Å². The maximum atomic E-state index is 12.5. The van der Waals surface area contributed by atoms with E-state index >= 15 is 0 Å². The number of aryl methyl sites for hydroxylation is 2. The van der Waals surface area contributed by atoms with Crippen molar-refractivity contribution in [2.45, 2.75) is 19.3 Å². The Bertz CT molecular complexity index is 820. The number of anilines is 1. The molecular formula is C18H16N2OS2. The van der Waals surface area contributed by atoms with Gasteiger partial charge in [-0.1, -0.05) is 59.9 Å². The third-order valence-corrected chi connectivity index (χ3v) is 6.30. The molecule has 3 nitrogen and oxygen atoms in total. The average molecular weight is 340 g/mol. The molecule has 2 aromatic rings. The first-order valence-corrected chi connectivity index (χ1v) is 9.56. The number of benzene rings is 1. The summed E-state index contributed by atoms with van der Waals surface area (Å²) in [4.78, 5) is 6.73. The van der Waals surface area contributed by atoms with Crippen LogP contribution in [0.5, 0.6) is 0 Å². The van der Waals surface area contributed by atoms with E-state index in [1.807, 2.05) is 30.4 Å². The van der Waals surface area contributed by atoms with E-state index in [1.54, 1.807) is 11.3 Å². The van der Waals surface area contributed by atoms with Crippen LogP contribution in [0.25, 0.3) is 10.4 Å². The van der Waals surface area contributed by atoms with Crippen molar-refractivity contribution in [1.82, 2.24) is 4.98 Å². The molecule has 0 bridgehead atoms. The molecule has 1 aromatic heterocycles. The fourth-order valence-electron chi connectivity index (χ4n) is 2.83. The van der Waals surface area contributed by atoms with Crippen LogP contribution in [0.4, 0.5) is 5.13 Å². The summed E-state index contributed by atoms with van der Waals surface area (Å²) in [7, 11) is 0. The Balaban J connectivity index is 1.58. The van der Waals surface area contributed by atoms with Crippen molar-refractivity contribution in [3.05, 3.63) is 70.8 Å². The molecule has 2 aliphatic rings. The molecule has 0 aliphatic heterocycles. The van der Waals surface area contributed by atoms with E-state index in [1.165, 1.54) is 16.0 Å². The van der Waals surface area contributed by atoms with Gasteiger partial charge in [0.15, 0.2) is 4.91 Å². The molecule has 0 saturated heterocycles. The predicted octanol–water partition coefficient (Wildman–Crippen LogP) is 4.38. The van der Waals surface area contributed by atoms with Crippen LogP contribution in [-0.4, -0.2) is 9.54 Å². The van der Waals surface area contributed by atoms with E-state index in [-0.39, 0.29) is 0 Å². The molecule has 1 heterocycles. The van der Waals surface area contributed by atoms with Gasteiger partial charge in [0.05, 0.1) is 10.6 Å². The number of nitrogens with zero attached hydrogens (tertiary/aromatic N) is 1. The molecule has 1 atom stereocenters. The van der Waals surface area contributed by atoms with E-state index in [2.05, 4.69) is 34.0 Å². The summed E-state index contributed by atoms with van der Waals surface area (Å²) in [6.45, 7) is 0. The van der Waals surface area contributed by atoms with Crippen molar-refractivity contribution >= 4 is 27.8 Å².